The maximum atomic E-state index is 14.2. The number of rotatable bonds is 3. The van der Waals surface area contributed by atoms with Gasteiger partial charge in [-0.1, -0.05) is 0 Å². The van der Waals surface area contributed by atoms with E-state index in [0.717, 1.165) is 19.3 Å². The molecular formula is C11H11FO7. The van der Waals surface area contributed by atoms with E-state index in [1.165, 1.54) is 7.11 Å². The summed E-state index contributed by atoms with van der Waals surface area (Å²) in [6.45, 7) is 0. The summed E-state index contributed by atoms with van der Waals surface area (Å²) in [5, 5.41) is 8.28. The third kappa shape index (κ3) is 3.16. The van der Waals surface area contributed by atoms with Gasteiger partial charge in [-0.25, -0.2) is 18.8 Å². The average Bonchev–Trinajstić information content (AvgIpc) is 2.38. The zero-order valence-corrected chi connectivity index (χ0v) is 10.1. The maximum Gasteiger partial charge on any atom is 0.425 e. The second kappa shape index (κ2) is 5.61. The summed E-state index contributed by atoms with van der Waals surface area (Å²) in [5.74, 6) is -7.44. The summed E-state index contributed by atoms with van der Waals surface area (Å²) >= 11 is 0. The number of ether oxygens (including phenoxy) is 3. The van der Waals surface area contributed by atoms with E-state index in [1.807, 2.05) is 0 Å². The summed E-state index contributed by atoms with van der Waals surface area (Å²) in [4.78, 5) is 32.4. The minimum Gasteiger partial charge on any atom is -0.495 e. The number of allylic oxidation sites excluding steroid dienone is 2. The summed E-state index contributed by atoms with van der Waals surface area (Å²) in [5.41, 5.74) is -0.250. The molecular weight excluding hydrogens is 263 g/mol. The molecule has 0 spiro atoms. The largest absolute Gasteiger partial charge is 0.495 e. The lowest BCUT2D eigenvalue weighted by molar-refractivity contribution is -0.170. The monoisotopic (exact) mass is 274 g/mol. The minimum absolute atomic E-state index is 0.156. The van der Waals surface area contributed by atoms with Crippen LogP contribution in [0.4, 0.5) is 4.39 Å². The standard InChI is InChI=1S/C11H11FO7/c1-17-7-4-3-6(5-11(7,12)18-2)9(15)19-10(16)8(13)14/h3-4H,5H2,1-2H3,(H,13,14). The molecule has 1 N–H and O–H groups in total. The van der Waals surface area contributed by atoms with Gasteiger partial charge < -0.3 is 19.3 Å². The second-order valence-corrected chi connectivity index (χ2v) is 3.52. The van der Waals surface area contributed by atoms with Crippen molar-refractivity contribution in [3.8, 4) is 0 Å². The van der Waals surface area contributed by atoms with Gasteiger partial charge in [-0.3, -0.25) is 0 Å². The molecule has 0 aromatic heterocycles. The Labute approximate surface area is 107 Å². The highest BCUT2D eigenvalue weighted by Crippen LogP contribution is 2.34. The van der Waals surface area contributed by atoms with Crippen molar-refractivity contribution in [1.82, 2.24) is 0 Å². The second-order valence-electron chi connectivity index (χ2n) is 3.52. The van der Waals surface area contributed by atoms with Gasteiger partial charge in [-0.2, -0.15) is 0 Å². The number of hydrogen-bond acceptors (Lipinski definition) is 6. The first-order chi connectivity index (χ1) is 8.84. The Kier molecular flexibility index (Phi) is 4.38. The van der Waals surface area contributed by atoms with Crippen molar-refractivity contribution in [2.45, 2.75) is 12.3 Å². The fraction of sp³-hybridized carbons (Fsp3) is 0.364. The Morgan fingerprint density at radius 2 is 1.95 bits per heavy atom. The van der Waals surface area contributed by atoms with Gasteiger partial charge in [-0.05, 0) is 12.2 Å². The van der Waals surface area contributed by atoms with Crippen molar-refractivity contribution in [2.75, 3.05) is 14.2 Å². The van der Waals surface area contributed by atoms with Crippen LogP contribution < -0.4 is 0 Å². The summed E-state index contributed by atoms with van der Waals surface area (Å²) in [6, 6.07) is 0. The molecule has 0 amide bonds. The third-order valence-corrected chi connectivity index (χ3v) is 2.39. The van der Waals surface area contributed by atoms with Crippen molar-refractivity contribution in [3.05, 3.63) is 23.5 Å². The van der Waals surface area contributed by atoms with Crippen LogP contribution >= 0.6 is 0 Å². The molecule has 0 saturated carbocycles. The highest BCUT2D eigenvalue weighted by molar-refractivity contribution is 6.31. The fourth-order valence-electron chi connectivity index (χ4n) is 1.42. The average molecular weight is 274 g/mol. The van der Waals surface area contributed by atoms with E-state index in [0.29, 0.717) is 0 Å². The number of alkyl halides is 1. The van der Waals surface area contributed by atoms with E-state index in [1.54, 1.807) is 0 Å². The van der Waals surface area contributed by atoms with Gasteiger partial charge in [0.15, 0.2) is 5.76 Å². The molecule has 7 nitrogen and oxygen atoms in total. The lowest BCUT2D eigenvalue weighted by Gasteiger charge is -2.28. The number of esters is 2. The zero-order valence-electron chi connectivity index (χ0n) is 10.1. The molecule has 1 unspecified atom stereocenters. The van der Waals surface area contributed by atoms with E-state index < -0.39 is 30.2 Å². The Morgan fingerprint density at radius 3 is 2.42 bits per heavy atom. The molecule has 0 bridgehead atoms. The van der Waals surface area contributed by atoms with E-state index in [4.69, 9.17) is 9.84 Å². The Bertz CT molecular complexity index is 479. The minimum atomic E-state index is -2.37. The fourth-order valence-corrected chi connectivity index (χ4v) is 1.42. The highest BCUT2D eigenvalue weighted by atomic mass is 19.2. The van der Waals surface area contributed by atoms with Gasteiger partial charge in [0.25, 0.3) is 5.85 Å². The number of methoxy groups -OCH3 is 2. The normalized spacial score (nSPS) is 22.1. The first kappa shape index (κ1) is 14.8. The Balaban J connectivity index is 2.89. The third-order valence-electron chi connectivity index (χ3n) is 2.39. The first-order valence-corrected chi connectivity index (χ1v) is 5.03. The first-order valence-electron chi connectivity index (χ1n) is 5.03. The number of carboxylic acid groups (broad SMARTS) is 1. The number of carbonyl (C=O) groups excluding carboxylic acids is 2. The number of halogens is 1. The van der Waals surface area contributed by atoms with Crippen LogP contribution in [0.1, 0.15) is 6.42 Å². The Morgan fingerprint density at radius 1 is 1.32 bits per heavy atom. The van der Waals surface area contributed by atoms with Crippen LogP contribution in [0.15, 0.2) is 23.5 Å². The Hall–Kier alpha value is -2.22. The number of hydrogen-bond donors (Lipinski definition) is 1. The molecule has 1 rings (SSSR count). The topological polar surface area (TPSA) is 99.1 Å². The van der Waals surface area contributed by atoms with Crippen molar-refractivity contribution >= 4 is 17.9 Å². The molecule has 0 aliphatic heterocycles. The molecule has 0 saturated heterocycles. The molecule has 0 aromatic rings. The predicted octanol–water partition coefficient (Wildman–Crippen LogP) is 0.313. The predicted molar refractivity (Wildman–Crippen MR) is 57.4 cm³/mol. The van der Waals surface area contributed by atoms with Gasteiger partial charge in [0.2, 0.25) is 0 Å². The molecule has 1 aliphatic carbocycles. The van der Waals surface area contributed by atoms with Crippen molar-refractivity contribution < 1.29 is 38.1 Å². The maximum absolute atomic E-state index is 14.2. The number of carbonyl (C=O) groups is 3. The molecule has 0 radical (unpaired) electrons. The molecule has 19 heavy (non-hydrogen) atoms. The van der Waals surface area contributed by atoms with Crippen LogP contribution in [0, 0.1) is 0 Å². The van der Waals surface area contributed by atoms with Gasteiger partial charge in [0.05, 0.1) is 7.11 Å². The smallest absolute Gasteiger partial charge is 0.425 e. The molecule has 0 heterocycles. The van der Waals surface area contributed by atoms with Gasteiger partial charge >= 0.3 is 17.9 Å². The molecule has 0 fully saturated rings. The van der Waals surface area contributed by atoms with Crippen molar-refractivity contribution in [2.24, 2.45) is 0 Å². The summed E-state index contributed by atoms with van der Waals surface area (Å²) in [7, 11) is 2.30. The summed E-state index contributed by atoms with van der Waals surface area (Å²) < 4.78 is 27.6. The van der Waals surface area contributed by atoms with E-state index in [-0.39, 0.29) is 11.3 Å². The van der Waals surface area contributed by atoms with Crippen LogP contribution in [0.25, 0.3) is 0 Å². The number of carboxylic acids is 1. The molecule has 104 valence electrons. The molecule has 8 heteroatoms. The quantitative estimate of drug-likeness (QED) is 0.449. The van der Waals surface area contributed by atoms with Crippen LogP contribution in [0.3, 0.4) is 0 Å². The molecule has 1 atom stereocenters. The van der Waals surface area contributed by atoms with Crippen molar-refractivity contribution in [3.63, 3.8) is 0 Å². The highest BCUT2D eigenvalue weighted by Gasteiger charge is 2.41. The van der Waals surface area contributed by atoms with Crippen LogP contribution in [0.2, 0.25) is 0 Å². The van der Waals surface area contributed by atoms with Crippen LogP contribution in [-0.4, -0.2) is 43.1 Å². The van der Waals surface area contributed by atoms with Gasteiger partial charge in [0, 0.05) is 19.1 Å². The van der Waals surface area contributed by atoms with Crippen LogP contribution in [-0.2, 0) is 28.6 Å². The molecule has 1 aliphatic rings. The zero-order chi connectivity index (χ0) is 14.6. The van der Waals surface area contributed by atoms with Crippen LogP contribution in [0.5, 0.6) is 0 Å². The number of aliphatic carboxylic acids is 1. The lowest BCUT2D eigenvalue weighted by Crippen LogP contribution is -2.34. The lowest BCUT2D eigenvalue weighted by atomic mass is 9.99. The van der Waals surface area contributed by atoms with Crippen molar-refractivity contribution in [1.29, 1.82) is 0 Å². The van der Waals surface area contributed by atoms with Gasteiger partial charge in [0.1, 0.15) is 0 Å². The van der Waals surface area contributed by atoms with E-state index in [9.17, 15) is 18.8 Å². The van der Waals surface area contributed by atoms with Gasteiger partial charge in [-0.15, -0.1) is 0 Å². The van der Waals surface area contributed by atoms with E-state index in [2.05, 4.69) is 9.47 Å². The van der Waals surface area contributed by atoms with E-state index >= 15 is 0 Å². The molecule has 0 aromatic carbocycles. The summed E-state index contributed by atoms with van der Waals surface area (Å²) in [6.07, 6.45) is 1.73. The SMILES string of the molecule is COC1=CC=C(C(=O)OC(=O)C(=O)O)CC1(F)OC.